The smallest absolute Gasteiger partial charge is 0.259 e. The number of methoxy groups -OCH3 is 1. The molecule has 2 aromatic heterocycles. The summed E-state index contributed by atoms with van der Waals surface area (Å²) in [5.74, 6) is -1.68. The first-order valence-electron chi connectivity index (χ1n) is 10.5. The van der Waals surface area contributed by atoms with Crippen LogP contribution in [0, 0.1) is 19.7 Å². The highest BCUT2D eigenvalue weighted by Crippen LogP contribution is 2.26. The van der Waals surface area contributed by atoms with E-state index in [9.17, 15) is 14.0 Å². The Morgan fingerprint density at radius 2 is 1.90 bits per heavy atom. The van der Waals surface area contributed by atoms with E-state index in [4.69, 9.17) is 8.85 Å². The molecule has 0 spiro atoms. The van der Waals surface area contributed by atoms with Crippen molar-refractivity contribution in [2.75, 3.05) is 24.7 Å². The van der Waals surface area contributed by atoms with E-state index < -0.39 is 24.6 Å². The average molecular weight is 427 g/mol. The van der Waals surface area contributed by atoms with Gasteiger partial charge in [-0.1, -0.05) is 6.07 Å². The second kappa shape index (κ2) is 9.16. The number of hydrogen-bond donors (Lipinski definition) is 3. The van der Waals surface area contributed by atoms with Crippen molar-refractivity contribution in [3.8, 4) is 5.75 Å². The Bertz CT molecular complexity index is 1230. The molecular formula is C21H21FN6O3. The number of rotatable bonds is 6. The largest absolute Gasteiger partial charge is 0.493 e. The van der Waals surface area contributed by atoms with Crippen molar-refractivity contribution < 1.29 is 22.8 Å². The van der Waals surface area contributed by atoms with Gasteiger partial charge in [-0.2, -0.15) is 0 Å². The van der Waals surface area contributed by atoms with Crippen LogP contribution in [0.1, 0.15) is 36.3 Å². The molecule has 0 aliphatic carbocycles. The summed E-state index contributed by atoms with van der Waals surface area (Å²) < 4.78 is 40.8. The zero-order valence-electron chi connectivity index (χ0n) is 19.9. The molecule has 0 saturated heterocycles. The lowest BCUT2D eigenvalue weighted by Crippen LogP contribution is -2.22. The monoisotopic (exact) mass is 427 g/mol. The predicted octanol–water partition coefficient (Wildman–Crippen LogP) is 2.99. The Balaban J connectivity index is 2.00. The van der Waals surface area contributed by atoms with Gasteiger partial charge in [0.15, 0.2) is 11.6 Å². The van der Waals surface area contributed by atoms with Crippen LogP contribution in [0.15, 0.2) is 36.5 Å². The van der Waals surface area contributed by atoms with E-state index in [1.54, 1.807) is 19.9 Å². The maximum Gasteiger partial charge on any atom is 0.259 e. The lowest BCUT2D eigenvalue weighted by atomic mass is 10.1. The molecule has 2 amide bonds. The van der Waals surface area contributed by atoms with Crippen LogP contribution in [0.4, 0.5) is 21.7 Å². The van der Waals surface area contributed by atoms with Crippen LogP contribution in [0.5, 0.6) is 5.75 Å². The van der Waals surface area contributed by atoms with Gasteiger partial charge < -0.3 is 20.7 Å². The SMILES string of the molecule is [2H]C([2H])([2H])NC(=O)c1cnc(Nc2cc(C)nc(C)n2)cc1NC(=O)c1cccc(F)c1OC. The summed E-state index contributed by atoms with van der Waals surface area (Å²) >= 11 is 0. The minimum absolute atomic E-state index is 0.0712. The summed E-state index contributed by atoms with van der Waals surface area (Å²) in [7, 11) is 1.21. The van der Waals surface area contributed by atoms with Crippen LogP contribution in [-0.2, 0) is 0 Å². The van der Waals surface area contributed by atoms with Crippen molar-refractivity contribution in [3.63, 3.8) is 0 Å². The third-order valence-corrected chi connectivity index (χ3v) is 4.15. The van der Waals surface area contributed by atoms with E-state index in [1.165, 1.54) is 25.3 Å². The fourth-order valence-electron chi connectivity index (χ4n) is 2.87. The first kappa shape index (κ1) is 17.8. The summed E-state index contributed by atoms with van der Waals surface area (Å²) in [6.45, 7) is 0.733. The highest BCUT2D eigenvalue weighted by Gasteiger charge is 2.19. The van der Waals surface area contributed by atoms with Crippen molar-refractivity contribution in [3.05, 3.63) is 65.0 Å². The molecular weight excluding hydrogens is 403 g/mol. The van der Waals surface area contributed by atoms with Crippen molar-refractivity contribution >= 4 is 29.1 Å². The molecule has 10 heteroatoms. The molecule has 160 valence electrons. The summed E-state index contributed by atoms with van der Waals surface area (Å²) in [5, 5.41) is 7.29. The molecule has 9 nitrogen and oxygen atoms in total. The summed E-state index contributed by atoms with van der Waals surface area (Å²) in [6.07, 6.45) is 1.10. The fourth-order valence-corrected chi connectivity index (χ4v) is 2.87. The van der Waals surface area contributed by atoms with E-state index >= 15 is 0 Å². The first-order chi connectivity index (χ1) is 16.0. The average Bonchev–Trinajstić information content (AvgIpc) is 2.71. The molecule has 0 aliphatic rings. The predicted molar refractivity (Wildman–Crippen MR) is 113 cm³/mol. The van der Waals surface area contributed by atoms with Crippen LogP contribution in [0.3, 0.4) is 0 Å². The van der Waals surface area contributed by atoms with Gasteiger partial charge in [0.2, 0.25) is 0 Å². The van der Waals surface area contributed by atoms with Gasteiger partial charge in [0.1, 0.15) is 17.5 Å². The van der Waals surface area contributed by atoms with E-state index in [2.05, 4.69) is 25.6 Å². The molecule has 3 rings (SSSR count). The van der Waals surface area contributed by atoms with Crippen LogP contribution in [0.25, 0.3) is 0 Å². The zero-order chi connectivity index (χ0) is 25.0. The number of pyridine rings is 1. The Hall–Kier alpha value is -4.08. The van der Waals surface area contributed by atoms with Crippen LogP contribution in [-0.4, -0.2) is 40.9 Å². The van der Waals surface area contributed by atoms with Gasteiger partial charge in [0, 0.05) is 35.1 Å². The van der Waals surface area contributed by atoms with E-state index in [0.717, 1.165) is 12.3 Å². The van der Waals surface area contributed by atoms with Gasteiger partial charge in [-0.3, -0.25) is 9.59 Å². The molecule has 2 heterocycles. The lowest BCUT2D eigenvalue weighted by molar-refractivity contribution is 0.0963. The Morgan fingerprint density at radius 1 is 1.10 bits per heavy atom. The number of carbonyl (C=O) groups excluding carboxylic acids is 2. The molecule has 0 fully saturated rings. The number of halogens is 1. The van der Waals surface area contributed by atoms with E-state index in [1.807, 2.05) is 5.32 Å². The molecule has 3 N–H and O–H groups in total. The number of nitrogens with zero attached hydrogens (tertiary/aromatic N) is 3. The third-order valence-electron chi connectivity index (χ3n) is 4.15. The minimum Gasteiger partial charge on any atom is -0.493 e. The van der Waals surface area contributed by atoms with E-state index in [0.29, 0.717) is 17.3 Å². The number of amides is 2. The van der Waals surface area contributed by atoms with Crippen molar-refractivity contribution in [2.24, 2.45) is 0 Å². The maximum absolute atomic E-state index is 14.1. The standard InChI is InChI=1S/C21H21FN6O3/c1-11-8-18(26-12(2)25-11)28-17-9-16(14(10-24-17)20(29)23-3)27-21(30)13-6-5-7-15(22)19(13)31-4/h5-10H,1-4H3,(H,23,29)(H2,24,25,26,27,28,30)/i3D3. The normalized spacial score (nSPS) is 12.2. The quantitative estimate of drug-likeness (QED) is 0.553. The Morgan fingerprint density at radius 3 is 2.61 bits per heavy atom. The summed E-state index contributed by atoms with van der Waals surface area (Å²) in [4.78, 5) is 38.0. The van der Waals surface area contributed by atoms with E-state index in [-0.39, 0.29) is 28.4 Å². The number of aryl methyl sites for hydroxylation is 2. The molecule has 3 aromatic rings. The number of nitrogens with one attached hydrogen (secondary N) is 3. The molecule has 0 aliphatic heterocycles. The topological polar surface area (TPSA) is 118 Å². The van der Waals surface area contributed by atoms with Gasteiger partial charge in [-0.25, -0.2) is 19.3 Å². The lowest BCUT2D eigenvalue weighted by Gasteiger charge is -2.14. The molecule has 0 saturated carbocycles. The Labute approximate surface area is 182 Å². The number of anilines is 3. The molecule has 0 bridgehead atoms. The van der Waals surface area contributed by atoms with Crippen LogP contribution < -0.4 is 20.7 Å². The number of hydrogen-bond acceptors (Lipinski definition) is 7. The number of carbonyl (C=O) groups is 2. The Kier molecular flexibility index (Phi) is 5.25. The second-order valence-corrected chi connectivity index (χ2v) is 6.41. The maximum atomic E-state index is 14.1. The number of para-hydroxylation sites is 1. The van der Waals surface area contributed by atoms with Crippen molar-refractivity contribution in [1.82, 2.24) is 20.3 Å². The van der Waals surface area contributed by atoms with Crippen LogP contribution in [0.2, 0.25) is 0 Å². The highest BCUT2D eigenvalue weighted by atomic mass is 19.1. The summed E-state index contributed by atoms with van der Waals surface area (Å²) in [6, 6.07) is 6.79. The van der Waals surface area contributed by atoms with Gasteiger partial charge in [-0.05, 0) is 26.0 Å². The molecule has 0 atom stereocenters. The fraction of sp³-hybridized carbons (Fsp3) is 0.190. The van der Waals surface area contributed by atoms with Gasteiger partial charge in [0.25, 0.3) is 11.8 Å². The van der Waals surface area contributed by atoms with Crippen molar-refractivity contribution in [1.29, 1.82) is 0 Å². The van der Waals surface area contributed by atoms with Gasteiger partial charge >= 0.3 is 0 Å². The second-order valence-electron chi connectivity index (χ2n) is 6.41. The molecule has 31 heavy (non-hydrogen) atoms. The first-order valence-corrected chi connectivity index (χ1v) is 9.02. The third kappa shape index (κ3) is 4.92. The number of ether oxygens (including phenoxy) is 1. The summed E-state index contributed by atoms with van der Waals surface area (Å²) in [5.41, 5.74) is 0.284. The molecule has 0 radical (unpaired) electrons. The van der Waals surface area contributed by atoms with Crippen molar-refractivity contribution in [2.45, 2.75) is 13.8 Å². The highest BCUT2D eigenvalue weighted by molar-refractivity contribution is 6.10. The van der Waals surface area contributed by atoms with Crippen LogP contribution >= 0.6 is 0 Å². The van der Waals surface area contributed by atoms with Gasteiger partial charge in [-0.15, -0.1) is 0 Å². The number of benzene rings is 1. The number of aromatic nitrogens is 3. The minimum atomic E-state index is -2.77. The van der Waals surface area contributed by atoms with Gasteiger partial charge in [0.05, 0.1) is 23.9 Å². The molecule has 1 aromatic carbocycles. The molecule has 0 unspecified atom stereocenters. The zero-order valence-corrected chi connectivity index (χ0v) is 16.9.